The van der Waals surface area contributed by atoms with E-state index in [1.165, 1.54) is 0 Å². The molecule has 16 heavy (non-hydrogen) atoms. The predicted molar refractivity (Wildman–Crippen MR) is 64.0 cm³/mol. The average molecular weight is 219 g/mol. The minimum atomic E-state index is 0.113. The summed E-state index contributed by atoms with van der Waals surface area (Å²) >= 11 is 0. The molecule has 0 bridgehead atoms. The molecule has 2 rings (SSSR count). The largest absolute Gasteiger partial charge is 0.486 e. The highest BCUT2D eigenvalue weighted by molar-refractivity contribution is 5.49. The lowest BCUT2D eigenvalue weighted by Crippen LogP contribution is -2.22. The van der Waals surface area contributed by atoms with Gasteiger partial charge in [-0.1, -0.05) is 25.1 Å². The molecule has 3 nitrogen and oxygen atoms in total. The van der Waals surface area contributed by atoms with Crippen LogP contribution in [0, 0.1) is 0 Å². The van der Waals surface area contributed by atoms with Crippen molar-refractivity contribution >= 4 is 0 Å². The van der Waals surface area contributed by atoms with Crippen LogP contribution in [0.5, 0.6) is 11.5 Å². The molecular formula is C13H17NO2. The second-order valence-corrected chi connectivity index (χ2v) is 3.64. The van der Waals surface area contributed by atoms with Crippen molar-refractivity contribution in [2.24, 2.45) is 0 Å². The van der Waals surface area contributed by atoms with Crippen LogP contribution in [-0.4, -0.2) is 19.8 Å². The first-order valence-electron chi connectivity index (χ1n) is 5.61. The molecule has 3 heteroatoms. The van der Waals surface area contributed by atoms with Crippen LogP contribution in [0.2, 0.25) is 0 Å². The third kappa shape index (κ3) is 2.04. The molecule has 1 N–H and O–H groups in total. The van der Waals surface area contributed by atoms with E-state index in [-0.39, 0.29) is 6.04 Å². The molecule has 0 radical (unpaired) electrons. The van der Waals surface area contributed by atoms with Crippen LogP contribution >= 0.6 is 0 Å². The molecule has 0 saturated heterocycles. The Labute approximate surface area is 96.1 Å². The van der Waals surface area contributed by atoms with Crippen molar-refractivity contribution in [1.29, 1.82) is 0 Å². The fraction of sp³-hybridized carbons (Fsp3) is 0.385. The number of likely N-dealkylation sites (N-methyl/N-ethyl adjacent to an activating group) is 1. The van der Waals surface area contributed by atoms with E-state index in [2.05, 4.69) is 18.8 Å². The number of fused-ring (bicyclic) bond motifs is 1. The zero-order valence-corrected chi connectivity index (χ0v) is 9.53. The van der Waals surface area contributed by atoms with Crippen LogP contribution in [0.3, 0.4) is 0 Å². The van der Waals surface area contributed by atoms with Gasteiger partial charge >= 0.3 is 0 Å². The summed E-state index contributed by atoms with van der Waals surface area (Å²) in [6.45, 7) is 8.04. The Kier molecular flexibility index (Phi) is 3.47. The third-order valence-corrected chi connectivity index (χ3v) is 2.59. The van der Waals surface area contributed by atoms with Crippen LogP contribution in [0.15, 0.2) is 30.9 Å². The standard InChI is InChI=1S/C13H17NO2/c1-3-11(14-4-2)10-6-5-7-12-13(10)16-9-8-15-12/h3,5-7,11,14H,1,4,8-9H2,2H3. The van der Waals surface area contributed by atoms with Crippen LogP contribution in [0.4, 0.5) is 0 Å². The molecule has 1 aliphatic rings. The van der Waals surface area contributed by atoms with E-state index in [9.17, 15) is 0 Å². The third-order valence-electron chi connectivity index (χ3n) is 2.59. The van der Waals surface area contributed by atoms with Gasteiger partial charge in [0.05, 0.1) is 6.04 Å². The van der Waals surface area contributed by atoms with Gasteiger partial charge in [-0.15, -0.1) is 6.58 Å². The highest BCUT2D eigenvalue weighted by Crippen LogP contribution is 2.37. The van der Waals surface area contributed by atoms with Crippen molar-refractivity contribution in [2.45, 2.75) is 13.0 Å². The number of hydrogen-bond donors (Lipinski definition) is 1. The summed E-state index contributed by atoms with van der Waals surface area (Å²) in [5.74, 6) is 1.67. The molecule has 1 aromatic rings. The highest BCUT2D eigenvalue weighted by Gasteiger charge is 2.19. The van der Waals surface area contributed by atoms with E-state index in [0.717, 1.165) is 23.6 Å². The Morgan fingerprint density at radius 2 is 2.25 bits per heavy atom. The van der Waals surface area contributed by atoms with Crippen molar-refractivity contribution in [3.05, 3.63) is 36.4 Å². The van der Waals surface area contributed by atoms with E-state index in [1.807, 2.05) is 24.3 Å². The molecule has 0 aromatic heterocycles. The van der Waals surface area contributed by atoms with Gasteiger partial charge in [0.1, 0.15) is 13.2 Å². The van der Waals surface area contributed by atoms with Gasteiger partial charge in [0.2, 0.25) is 0 Å². The summed E-state index contributed by atoms with van der Waals surface area (Å²) in [5.41, 5.74) is 1.09. The average Bonchev–Trinajstić information content (AvgIpc) is 2.35. The first-order chi connectivity index (χ1) is 7.86. The second kappa shape index (κ2) is 5.03. The van der Waals surface area contributed by atoms with Gasteiger partial charge < -0.3 is 14.8 Å². The Balaban J connectivity index is 2.35. The maximum atomic E-state index is 5.67. The Bertz CT molecular complexity index is 376. The van der Waals surface area contributed by atoms with E-state index < -0.39 is 0 Å². The summed E-state index contributed by atoms with van der Waals surface area (Å²) in [6, 6.07) is 6.07. The van der Waals surface area contributed by atoms with Crippen molar-refractivity contribution in [2.75, 3.05) is 19.8 Å². The lowest BCUT2D eigenvalue weighted by Gasteiger charge is -2.24. The molecular weight excluding hydrogens is 202 g/mol. The summed E-state index contributed by atoms with van der Waals surface area (Å²) in [7, 11) is 0. The normalized spacial score (nSPS) is 15.6. The number of rotatable bonds is 4. The number of benzene rings is 1. The van der Waals surface area contributed by atoms with Gasteiger partial charge in [0, 0.05) is 5.56 Å². The van der Waals surface area contributed by atoms with E-state index in [4.69, 9.17) is 9.47 Å². The molecule has 0 amide bonds. The first-order valence-corrected chi connectivity index (χ1v) is 5.61. The van der Waals surface area contributed by atoms with Gasteiger partial charge in [-0.05, 0) is 12.6 Å². The Morgan fingerprint density at radius 1 is 1.44 bits per heavy atom. The zero-order chi connectivity index (χ0) is 11.4. The molecule has 1 aliphatic heterocycles. The molecule has 0 spiro atoms. The van der Waals surface area contributed by atoms with E-state index in [0.29, 0.717) is 13.2 Å². The van der Waals surface area contributed by atoms with E-state index in [1.54, 1.807) is 0 Å². The maximum Gasteiger partial charge on any atom is 0.166 e. The number of nitrogens with one attached hydrogen (secondary N) is 1. The maximum absolute atomic E-state index is 5.67. The fourth-order valence-corrected chi connectivity index (χ4v) is 1.88. The second-order valence-electron chi connectivity index (χ2n) is 3.64. The smallest absolute Gasteiger partial charge is 0.166 e. The summed E-state index contributed by atoms with van der Waals surface area (Å²) in [5, 5.41) is 3.35. The molecule has 1 atom stereocenters. The zero-order valence-electron chi connectivity index (χ0n) is 9.53. The van der Waals surface area contributed by atoms with Crippen LogP contribution in [-0.2, 0) is 0 Å². The lowest BCUT2D eigenvalue weighted by atomic mass is 10.0. The minimum absolute atomic E-state index is 0.113. The van der Waals surface area contributed by atoms with Crippen molar-refractivity contribution < 1.29 is 9.47 Å². The molecule has 86 valence electrons. The van der Waals surface area contributed by atoms with Gasteiger partial charge in [-0.3, -0.25) is 0 Å². The highest BCUT2D eigenvalue weighted by atomic mass is 16.6. The molecule has 1 heterocycles. The van der Waals surface area contributed by atoms with Crippen LogP contribution < -0.4 is 14.8 Å². The van der Waals surface area contributed by atoms with Gasteiger partial charge in [-0.2, -0.15) is 0 Å². The summed E-state index contributed by atoms with van der Waals surface area (Å²) in [6.07, 6.45) is 1.89. The topological polar surface area (TPSA) is 30.5 Å². The number of hydrogen-bond acceptors (Lipinski definition) is 3. The Morgan fingerprint density at radius 3 is 3.00 bits per heavy atom. The Hall–Kier alpha value is -1.48. The molecule has 1 aromatic carbocycles. The predicted octanol–water partition coefficient (Wildman–Crippen LogP) is 2.29. The van der Waals surface area contributed by atoms with Crippen molar-refractivity contribution in [3.8, 4) is 11.5 Å². The van der Waals surface area contributed by atoms with E-state index >= 15 is 0 Å². The summed E-state index contributed by atoms with van der Waals surface area (Å²) < 4.78 is 11.2. The molecule has 0 aliphatic carbocycles. The fourth-order valence-electron chi connectivity index (χ4n) is 1.88. The monoisotopic (exact) mass is 219 g/mol. The lowest BCUT2D eigenvalue weighted by molar-refractivity contribution is 0.169. The van der Waals surface area contributed by atoms with Crippen LogP contribution in [0.25, 0.3) is 0 Å². The number of ether oxygens (including phenoxy) is 2. The minimum Gasteiger partial charge on any atom is -0.486 e. The van der Waals surface area contributed by atoms with Gasteiger partial charge in [0.15, 0.2) is 11.5 Å². The van der Waals surface area contributed by atoms with Gasteiger partial charge in [-0.25, -0.2) is 0 Å². The quantitative estimate of drug-likeness (QED) is 0.788. The first kappa shape index (κ1) is 11.0. The molecule has 1 unspecified atom stereocenters. The summed E-state index contributed by atoms with van der Waals surface area (Å²) in [4.78, 5) is 0. The van der Waals surface area contributed by atoms with Crippen LogP contribution in [0.1, 0.15) is 18.5 Å². The SMILES string of the molecule is C=CC(NCC)c1cccc2c1OCCO2. The van der Waals surface area contributed by atoms with Gasteiger partial charge in [0.25, 0.3) is 0 Å². The number of para-hydroxylation sites is 1. The van der Waals surface area contributed by atoms with Crippen molar-refractivity contribution in [3.63, 3.8) is 0 Å². The molecule has 0 fully saturated rings. The molecule has 0 saturated carbocycles. The van der Waals surface area contributed by atoms with Crippen molar-refractivity contribution in [1.82, 2.24) is 5.32 Å².